The van der Waals surface area contributed by atoms with Crippen molar-refractivity contribution in [3.8, 4) is 28.5 Å². The van der Waals surface area contributed by atoms with Crippen LogP contribution in [0.3, 0.4) is 0 Å². The Labute approximate surface area is 218 Å². The van der Waals surface area contributed by atoms with Gasteiger partial charge in [0, 0.05) is 16.1 Å². The molecule has 0 saturated carbocycles. The summed E-state index contributed by atoms with van der Waals surface area (Å²) in [6, 6.07) is 30.2. The molecule has 6 nitrogen and oxygen atoms in total. The number of benzene rings is 3. The Morgan fingerprint density at radius 1 is 0.861 bits per heavy atom. The first kappa shape index (κ1) is 25.0. The van der Waals surface area contributed by atoms with Gasteiger partial charge in [-0.3, -0.25) is 20.4 Å². The maximum absolute atomic E-state index is 12.4. The first-order chi connectivity index (χ1) is 17.5. The van der Waals surface area contributed by atoms with Crippen molar-refractivity contribution in [2.24, 2.45) is 0 Å². The fourth-order valence-electron chi connectivity index (χ4n) is 3.48. The van der Waals surface area contributed by atoms with Gasteiger partial charge in [0.05, 0.1) is 23.4 Å². The maximum atomic E-state index is 12.4. The highest BCUT2D eigenvalue weighted by Gasteiger charge is 2.17. The third-order valence-corrected chi connectivity index (χ3v) is 6.44. The number of hydrazine groups is 1. The standard InChI is InChI=1S/C28H21ClN4O2S/c29-22-13-11-21(12-14-22)25-16-23(20-9-5-2-6-10-20)24(17-30)28(31-25)36-18-27(35)33-32-26(34)15-19-7-3-1-4-8-19/h1-14,16H,15,18H2,(H,32,34)(H,33,35). The van der Waals surface area contributed by atoms with Crippen LogP contribution in [-0.2, 0) is 16.0 Å². The van der Waals surface area contributed by atoms with Crippen LogP contribution in [0.4, 0.5) is 0 Å². The van der Waals surface area contributed by atoms with E-state index in [1.165, 1.54) is 0 Å². The molecule has 1 aromatic heterocycles. The number of nitriles is 1. The van der Waals surface area contributed by atoms with E-state index in [9.17, 15) is 14.9 Å². The van der Waals surface area contributed by atoms with Gasteiger partial charge in [0.1, 0.15) is 11.1 Å². The highest BCUT2D eigenvalue weighted by molar-refractivity contribution is 8.00. The Balaban J connectivity index is 1.52. The third kappa shape index (κ3) is 6.51. The number of carbonyl (C=O) groups excluding carboxylic acids is 2. The smallest absolute Gasteiger partial charge is 0.248 e. The molecule has 2 N–H and O–H groups in total. The normalized spacial score (nSPS) is 10.3. The summed E-state index contributed by atoms with van der Waals surface area (Å²) in [5.74, 6) is -0.775. The molecular formula is C28H21ClN4O2S. The van der Waals surface area contributed by atoms with Crippen LogP contribution in [0.15, 0.2) is 96.0 Å². The Hall–Kier alpha value is -4.12. The van der Waals surface area contributed by atoms with E-state index in [1.807, 2.05) is 78.9 Å². The molecule has 8 heteroatoms. The summed E-state index contributed by atoms with van der Waals surface area (Å²) in [5, 5.41) is 11.0. The van der Waals surface area contributed by atoms with Crippen molar-refractivity contribution >= 4 is 35.2 Å². The molecule has 0 spiro atoms. The van der Waals surface area contributed by atoms with Crippen molar-refractivity contribution in [2.75, 3.05) is 5.75 Å². The molecule has 0 aliphatic heterocycles. The zero-order valence-electron chi connectivity index (χ0n) is 19.1. The number of amides is 2. The fourth-order valence-corrected chi connectivity index (χ4v) is 4.41. The molecule has 0 bridgehead atoms. The minimum absolute atomic E-state index is 0.0361. The molecule has 1 heterocycles. The van der Waals surface area contributed by atoms with Crippen LogP contribution in [0.2, 0.25) is 5.02 Å². The van der Waals surface area contributed by atoms with E-state index < -0.39 is 5.91 Å². The Morgan fingerprint density at radius 3 is 2.17 bits per heavy atom. The third-order valence-electron chi connectivity index (χ3n) is 5.21. The van der Waals surface area contributed by atoms with Crippen molar-refractivity contribution in [3.63, 3.8) is 0 Å². The molecule has 0 radical (unpaired) electrons. The van der Waals surface area contributed by atoms with E-state index in [0.717, 1.165) is 34.0 Å². The summed E-state index contributed by atoms with van der Waals surface area (Å²) < 4.78 is 0. The van der Waals surface area contributed by atoms with Crippen molar-refractivity contribution < 1.29 is 9.59 Å². The molecule has 0 aliphatic carbocycles. The van der Waals surface area contributed by atoms with E-state index in [2.05, 4.69) is 21.9 Å². The highest BCUT2D eigenvalue weighted by atomic mass is 35.5. The molecule has 0 fully saturated rings. The van der Waals surface area contributed by atoms with E-state index in [1.54, 1.807) is 12.1 Å². The van der Waals surface area contributed by atoms with Gasteiger partial charge >= 0.3 is 0 Å². The van der Waals surface area contributed by atoms with Crippen molar-refractivity contribution in [2.45, 2.75) is 11.4 Å². The van der Waals surface area contributed by atoms with Crippen LogP contribution in [0.25, 0.3) is 22.4 Å². The largest absolute Gasteiger partial charge is 0.273 e. The van der Waals surface area contributed by atoms with Crippen LogP contribution in [-0.4, -0.2) is 22.6 Å². The summed E-state index contributed by atoms with van der Waals surface area (Å²) in [6.45, 7) is 0. The summed E-state index contributed by atoms with van der Waals surface area (Å²) in [5.41, 5.74) is 9.15. The van der Waals surface area contributed by atoms with E-state index in [-0.39, 0.29) is 18.1 Å². The number of pyridine rings is 1. The van der Waals surface area contributed by atoms with Crippen molar-refractivity contribution in [1.29, 1.82) is 5.26 Å². The molecular weight excluding hydrogens is 492 g/mol. The summed E-state index contributed by atoms with van der Waals surface area (Å²) in [7, 11) is 0. The molecule has 178 valence electrons. The maximum Gasteiger partial charge on any atom is 0.248 e. The number of hydrogen-bond acceptors (Lipinski definition) is 5. The van der Waals surface area contributed by atoms with E-state index >= 15 is 0 Å². The van der Waals surface area contributed by atoms with Gasteiger partial charge in [-0.2, -0.15) is 5.26 Å². The van der Waals surface area contributed by atoms with Gasteiger partial charge in [-0.15, -0.1) is 0 Å². The highest BCUT2D eigenvalue weighted by Crippen LogP contribution is 2.34. The number of thioether (sulfide) groups is 1. The number of halogens is 1. The quantitative estimate of drug-likeness (QED) is 0.254. The molecule has 0 unspecified atom stereocenters. The topological polar surface area (TPSA) is 94.9 Å². The lowest BCUT2D eigenvalue weighted by Gasteiger charge is -2.13. The second kappa shape index (κ2) is 12.0. The first-order valence-electron chi connectivity index (χ1n) is 11.0. The monoisotopic (exact) mass is 512 g/mol. The first-order valence-corrected chi connectivity index (χ1v) is 12.4. The Kier molecular flexibility index (Phi) is 8.35. The zero-order chi connectivity index (χ0) is 25.3. The van der Waals surface area contributed by atoms with Crippen LogP contribution in [0.1, 0.15) is 11.1 Å². The number of hydrogen-bond donors (Lipinski definition) is 2. The zero-order valence-corrected chi connectivity index (χ0v) is 20.6. The molecule has 0 aliphatic rings. The average Bonchev–Trinajstić information content (AvgIpc) is 2.91. The average molecular weight is 513 g/mol. The molecule has 2 amide bonds. The van der Waals surface area contributed by atoms with Gasteiger partial charge in [0.2, 0.25) is 11.8 Å². The second-order valence-electron chi connectivity index (χ2n) is 7.77. The van der Waals surface area contributed by atoms with Gasteiger partial charge in [-0.25, -0.2) is 4.98 Å². The van der Waals surface area contributed by atoms with Gasteiger partial charge < -0.3 is 0 Å². The second-order valence-corrected chi connectivity index (χ2v) is 9.17. The molecule has 0 atom stereocenters. The Morgan fingerprint density at radius 2 is 1.50 bits per heavy atom. The molecule has 0 saturated heterocycles. The van der Waals surface area contributed by atoms with Gasteiger partial charge in [-0.1, -0.05) is 96.2 Å². The number of carbonyl (C=O) groups is 2. The minimum atomic E-state index is -0.412. The van der Waals surface area contributed by atoms with Gasteiger partial charge in [0.15, 0.2) is 0 Å². The number of aromatic nitrogens is 1. The summed E-state index contributed by atoms with van der Waals surface area (Å²) in [4.78, 5) is 29.3. The predicted octanol–water partition coefficient (Wildman–Crippen LogP) is 5.42. The minimum Gasteiger partial charge on any atom is -0.273 e. The molecule has 3 aromatic carbocycles. The van der Waals surface area contributed by atoms with Crippen LogP contribution >= 0.6 is 23.4 Å². The van der Waals surface area contributed by atoms with E-state index in [0.29, 0.717) is 21.3 Å². The van der Waals surface area contributed by atoms with Crippen LogP contribution < -0.4 is 10.9 Å². The summed E-state index contributed by atoms with van der Waals surface area (Å²) in [6.07, 6.45) is 0.151. The Bertz CT molecular complexity index is 1410. The van der Waals surface area contributed by atoms with Gasteiger partial charge in [-0.05, 0) is 29.3 Å². The number of nitrogens with one attached hydrogen (secondary N) is 2. The van der Waals surface area contributed by atoms with Crippen molar-refractivity contribution in [3.05, 3.63) is 107 Å². The number of rotatable bonds is 7. The van der Waals surface area contributed by atoms with Crippen molar-refractivity contribution in [1.82, 2.24) is 15.8 Å². The lowest BCUT2D eigenvalue weighted by Crippen LogP contribution is -2.43. The van der Waals surface area contributed by atoms with Gasteiger partial charge in [0.25, 0.3) is 0 Å². The lowest BCUT2D eigenvalue weighted by atomic mass is 9.99. The van der Waals surface area contributed by atoms with Crippen LogP contribution in [0, 0.1) is 11.3 Å². The van der Waals surface area contributed by atoms with E-state index in [4.69, 9.17) is 11.6 Å². The number of nitrogens with zero attached hydrogens (tertiary/aromatic N) is 2. The fraction of sp³-hybridized carbons (Fsp3) is 0.0714. The lowest BCUT2D eigenvalue weighted by molar-refractivity contribution is -0.127. The molecule has 36 heavy (non-hydrogen) atoms. The summed E-state index contributed by atoms with van der Waals surface area (Å²) >= 11 is 7.18. The molecule has 4 aromatic rings. The predicted molar refractivity (Wildman–Crippen MR) is 142 cm³/mol. The molecule has 4 rings (SSSR count). The van der Waals surface area contributed by atoms with Crippen LogP contribution in [0.5, 0.6) is 0 Å². The SMILES string of the molecule is N#Cc1c(-c2ccccc2)cc(-c2ccc(Cl)cc2)nc1SCC(=O)NNC(=O)Cc1ccccc1.